The number of alkyl carbamates (subject to hydrolysis) is 1. The van der Waals surface area contributed by atoms with Crippen LogP contribution in [-0.4, -0.2) is 66.1 Å². The molecule has 4 aromatic rings. The molecule has 0 fully saturated rings. The van der Waals surface area contributed by atoms with Crippen LogP contribution in [0.2, 0.25) is 0 Å². The van der Waals surface area contributed by atoms with Crippen LogP contribution in [0, 0.1) is 11.3 Å². The molecule has 0 radical (unpaired) electrons. The lowest BCUT2D eigenvalue weighted by molar-refractivity contribution is -0.127. The largest absolute Gasteiger partial charge is 0.445 e. The summed E-state index contributed by atoms with van der Waals surface area (Å²) in [6.45, 7) is 9.19. The van der Waals surface area contributed by atoms with Gasteiger partial charge in [-0.3, -0.25) is 4.79 Å². The molecule has 3 aromatic carbocycles. The lowest BCUT2D eigenvalue weighted by Crippen LogP contribution is -2.58. The molecule has 1 unspecified atom stereocenters. The maximum Gasteiger partial charge on any atom is 0.408 e. The van der Waals surface area contributed by atoms with Crippen molar-refractivity contribution in [3.8, 4) is 0 Å². The molecule has 0 saturated carbocycles. The van der Waals surface area contributed by atoms with E-state index in [1.165, 1.54) is 21.7 Å². The highest BCUT2D eigenvalue weighted by atomic mass is 32.2. The Labute approximate surface area is 281 Å². The molecule has 3 atom stereocenters. The maximum atomic E-state index is 13.9. The SMILES string of the molecule is CC(C)CN(C[C@@H](O)C(Cc1ccccc1)NC(=O)[C@@H](NC(=O)OCc1ccccc1)C(C)(C)C)S(=O)(=O)c1ccc2ncsc2c1. The van der Waals surface area contributed by atoms with E-state index in [2.05, 4.69) is 15.6 Å². The monoisotopic (exact) mass is 680 g/mol. The normalized spacial score (nSPS) is 14.1. The number of ether oxygens (including phenoxy) is 1. The second kappa shape index (κ2) is 15.8. The van der Waals surface area contributed by atoms with E-state index in [1.54, 1.807) is 17.6 Å². The number of carbonyl (C=O) groups excluding carboxylic acids is 2. The van der Waals surface area contributed by atoms with Crippen LogP contribution in [0.1, 0.15) is 45.7 Å². The zero-order chi connectivity index (χ0) is 34.2. The lowest BCUT2D eigenvalue weighted by atomic mass is 9.85. The van der Waals surface area contributed by atoms with Gasteiger partial charge in [-0.15, -0.1) is 11.3 Å². The maximum absolute atomic E-state index is 13.9. The molecule has 2 amide bonds. The molecule has 47 heavy (non-hydrogen) atoms. The molecule has 12 heteroatoms. The van der Waals surface area contributed by atoms with Gasteiger partial charge in [0.2, 0.25) is 15.9 Å². The molecule has 252 valence electrons. The predicted molar refractivity (Wildman–Crippen MR) is 184 cm³/mol. The molecule has 10 nitrogen and oxygen atoms in total. The van der Waals surface area contributed by atoms with Crippen molar-refractivity contribution in [3.63, 3.8) is 0 Å². The fourth-order valence-corrected chi connectivity index (χ4v) is 7.57. The highest BCUT2D eigenvalue weighted by Crippen LogP contribution is 2.26. The zero-order valence-electron chi connectivity index (χ0n) is 27.4. The van der Waals surface area contributed by atoms with Gasteiger partial charge < -0.3 is 20.5 Å². The number of aliphatic hydroxyl groups excluding tert-OH is 1. The number of nitrogens with zero attached hydrogens (tertiary/aromatic N) is 2. The third-order valence-electron chi connectivity index (χ3n) is 7.59. The van der Waals surface area contributed by atoms with Crippen LogP contribution >= 0.6 is 11.3 Å². The Morgan fingerprint density at radius 3 is 2.19 bits per heavy atom. The standard InChI is InChI=1S/C35H44N4O6S2/c1-24(2)20-39(47(43,44)27-16-17-28-31(19-27)46-23-36-28)21-30(40)29(18-25-12-8-6-9-13-25)37-33(41)32(35(3,4)5)38-34(42)45-22-26-14-10-7-11-15-26/h6-17,19,23-24,29-30,32,40H,18,20-22H2,1-5H3,(H,37,41)(H,38,42)/t29?,30-,32-/m1/s1. The van der Waals surface area contributed by atoms with E-state index in [0.29, 0.717) is 5.52 Å². The van der Waals surface area contributed by atoms with Gasteiger partial charge in [0.1, 0.15) is 12.6 Å². The third kappa shape index (κ3) is 10.1. The van der Waals surface area contributed by atoms with Crippen LogP contribution in [-0.2, 0) is 32.6 Å². The van der Waals surface area contributed by atoms with Crippen molar-refractivity contribution in [1.82, 2.24) is 19.9 Å². The molecule has 0 aliphatic rings. The second-order valence-electron chi connectivity index (χ2n) is 13.1. The number of hydrogen-bond donors (Lipinski definition) is 3. The molecule has 0 aliphatic heterocycles. The molecule has 1 aromatic heterocycles. The molecule has 0 aliphatic carbocycles. The van der Waals surface area contributed by atoms with Crippen LogP contribution in [0.25, 0.3) is 10.2 Å². The van der Waals surface area contributed by atoms with Crippen molar-refractivity contribution in [2.24, 2.45) is 11.3 Å². The average molecular weight is 681 g/mol. The van der Waals surface area contributed by atoms with Gasteiger partial charge in [-0.25, -0.2) is 18.2 Å². The Bertz CT molecular complexity index is 1720. The molecule has 1 heterocycles. The van der Waals surface area contributed by atoms with Crippen molar-refractivity contribution in [2.45, 2.75) is 70.7 Å². The average Bonchev–Trinajstić information content (AvgIpc) is 3.50. The number of thiazole rings is 1. The van der Waals surface area contributed by atoms with E-state index >= 15 is 0 Å². The summed E-state index contributed by atoms with van der Waals surface area (Å²) in [5, 5.41) is 17.3. The van der Waals surface area contributed by atoms with Crippen molar-refractivity contribution in [1.29, 1.82) is 0 Å². The first-order chi connectivity index (χ1) is 22.2. The zero-order valence-corrected chi connectivity index (χ0v) is 29.1. The minimum atomic E-state index is -4.01. The Morgan fingerprint density at radius 1 is 0.936 bits per heavy atom. The summed E-state index contributed by atoms with van der Waals surface area (Å²) in [7, 11) is -4.01. The number of amides is 2. The molecule has 0 bridgehead atoms. The van der Waals surface area contributed by atoms with Gasteiger partial charge in [0.05, 0.1) is 32.8 Å². The number of aliphatic hydroxyl groups is 1. The van der Waals surface area contributed by atoms with E-state index < -0.39 is 45.6 Å². The summed E-state index contributed by atoms with van der Waals surface area (Å²) in [5.41, 5.74) is 3.30. The summed E-state index contributed by atoms with van der Waals surface area (Å²) in [5.74, 6) is -0.564. The van der Waals surface area contributed by atoms with Gasteiger partial charge in [-0.05, 0) is 47.1 Å². The fraction of sp³-hybridized carbons (Fsp3) is 0.400. The Kier molecular flexibility index (Phi) is 12.1. The van der Waals surface area contributed by atoms with Crippen molar-refractivity contribution in [2.75, 3.05) is 13.1 Å². The fourth-order valence-electron chi connectivity index (χ4n) is 5.13. The van der Waals surface area contributed by atoms with Gasteiger partial charge in [-0.1, -0.05) is 95.3 Å². The Morgan fingerprint density at radius 2 is 1.57 bits per heavy atom. The van der Waals surface area contributed by atoms with Crippen LogP contribution < -0.4 is 10.6 Å². The van der Waals surface area contributed by atoms with Crippen LogP contribution in [0.5, 0.6) is 0 Å². The van der Waals surface area contributed by atoms with E-state index in [1.807, 2.05) is 95.3 Å². The molecule has 0 spiro atoms. The second-order valence-corrected chi connectivity index (χ2v) is 15.9. The minimum absolute atomic E-state index is 0.0383. The Balaban J connectivity index is 1.56. The number of benzene rings is 3. The summed E-state index contributed by atoms with van der Waals surface area (Å²) < 4.78 is 35.3. The van der Waals surface area contributed by atoms with E-state index in [-0.39, 0.29) is 36.9 Å². The molecular formula is C35H44N4O6S2. The lowest BCUT2D eigenvalue weighted by Gasteiger charge is -2.34. The number of carbonyl (C=O) groups is 2. The van der Waals surface area contributed by atoms with E-state index in [4.69, 9.17) is 4.74 Å². The number of hydrogen-bond acceptors (Lipinski definition) is 8. The summed E-state index contributed by atoms with van der Waals surface area (Å²) in [6, 6.07) is 21.4. The van der Waals surface area contributed by atoms with Gasteiger partial charge in [0.25, 0.3) is 0 Å². The van der Waals surface area contributed by atoms with Crippen molar-refractivity contribution < 1.29 is 27.9 Å². The first-order valence-corrected chi connectivity index (χ1v) is 17.9. The van der Waals surface area contributed by atoms with Crippen LogP contribution in [0.4, 0.5) is 4.79 Å². The predicted octanol–water partition coefficient (Wildman–Crippen LogP) is 5.37. The van der Waals surface area contributed by atoms with E-state index in [9.17, 15) is 23.1 Å². The first-order valence-electron chi connectivity index (χ1n) is 15.6. The number of sulfonamides is 1. The van der Waals surface area contributed by atoms with E-state index in [0.717, 1.165) is 15.8 Å². The number of nitrogens with one attached hydrogen (secondary N) is 2. The van der Waals surface area contributed by atoms with Crippen molar-refractivity contribution in [3.05, 3.63) is 95.5 Å². The van der Waals surface area contributed by atoms with Gasteiger partial charge in [0, 0.05) is 13.1 Å². The quantitative estimate of drug-likeness (QED) is 0.163. The summed E-state index contributed by atoms with van der Waals surface area (Å²) in [6.07, 6.45) is -1.81. The third-order valence-corrected chi connectivity index (χ3v) is 10.2. The number of fused-ring (bicyclic) bond motifs is 1. The number of aromatic nitrogens is 1. The summed E-state index contributed by atoms with van der Waals surface area (Å²) in [4.78, 5) is 31.0. The van der Waals surface area contributed by atoms with Crippen LogP contribution in [0.15, 0.2) is 89.3 Å². The minimum Gasteiger partial charge on any atom is -0.445 e. The van der Waals surface area contributed by atoms with Crippen molar-refractivity contribution >= 4 is 43.6 Å². The van der Waals surface area contributed by atoms with Gasteiger partial charge >= 0.3 is 6.09 Å². The highest BCUT2D eigenvalue weighted by molar-refractivity contribution is 7.89. The molecular weight excluding hydrogens is 637 g/mol. The van der Waals surface area contributed by atoms with Gasteiger partial charge in [-0.2, -0.15) is 4.31 Å². The first kappa shape index (κ1) is 36.0. The van der Waals surface area contributed by atoms with Gasteiger partial charge in [0.15, 0.2) is 0 Å². The highest BCUT2D eigenvalue weighted by Gasteiger charge is 2.37. The molecule has 0 saturated heterocycles. The molecule has 3 N–H and O–H groups in total. The van der Waals surface area contributed by atoms with Crippen LogP contribution in [0.3, 0.4) is 0 Å². The topological polar surface area (TPSA) is 138 Å². The molecule has 4 rings (SSSR count). The smallest absolute Gasteiger partial charge is 0.408 e. The number of rotatable bonds is 14. The summed E-state index contributed by atoms with van der Waals surface area (Å²) >= 11 is 1.35. The Hall–Kier alpha value is -3.84.